The number of aromatic nitrogens is 1. The van der Waals surface area contributed by atoms with Gasteiger partial charge < -0.3 is 29.6 Å². The molecule has 0 saturated carbocycles. The highest BCUT2D eigenvalue weighted by molar-refractivity contribution is 8.00. The van der Waals surface area contributed by atoms with Gasteiger partial charge in [-0.05, 0) is 42.0 Å². The van der Waals surface area contributed by atoms with E-state index in [-0.39, 0.29) is 30.9 Å². The molecule has 1 aromatic heterocycles. The molecule has 9 nitrogen and oxygen atoms in total. The highest BCUT2D eigenvalue weighted by Crippen LogP contribution is 2.34. The Morgan fingerprint density at radius 2 is 1.79 bits per heavy atom. The fourth-order valence-electron chi connectivity index (χ4n) is 3.23. The summed E-state index contributed by atoms with van der Waals surface area (Å²) < 4.78 is 21.1. The van der Waals surface area contributed by atoms with Crippen LogP contribution in [0, 0.1) is 0 Å². The highest BCUT2D eigenvalue weighted by Gasteiger charge is 2.16. The Bertz CT molecular complexity index is 1180. The number of benzene rings is 2. The summed E-state index contributed by atoms with van der Waals surface area (Å²) in [5.74, 6) is 2.05. The van der Waals surface area contributed by atoms with Crippen LogP contribution in [-0.2, 0) is 11.3 Å². The molecule has 4 rings (SSSR count). The van der Waals surface area contributed by atoms with Gasteiger partial charge in [0.2, 0.25) is 12.7 Å². The number of ether oxygens (including phenoxy) is 4. The third kappa shape index (κ3) is 5.70. The summed E-state index contributed by atoms with van der Waals surface area (Å²) in [5.41, 5.74) is 1.81. The summed E-state index contributed by atoms with van der Waals surface area (Å²) in [6, 6.07) is 13.9. The van der Waals surface area contributed by atoms with Crippen molar-refractivity contribution in [3.63, 3.8) is 0 Å². The number of pyridine rings is 1. The fraction of sp³-hybridized carbons (Fsp3) is 0.208. The van der Waals surface area contributed by atoms with Gasteiger partial charge in [0.25, 0.3) is 5.91 Å². The van der Waals surface area contributed by atoms with Crippen LogP contribution in [0.2, 0.25) is 0 Å². The minimum absolute atomic E-state index is 0.0822. The van der Waals surface area contributed by atoms with Gasteiger partial charge in [0, 0.05) is 30.6 Å². The molecule has 34 heavy (non-hydrogen) atoms. The number of amides is 2. The molecule has 0 atom stereocenters. The molecule has 0 bridgehead atoms. The van der Waals surface area contributed by atoms with Crippen molar-refractivity contribution in [2.24, 2.45) is 0 Å². The molecule has 0 fully saturated rings. The second-order valence-electron chi connectivity index (χ2n) is 7.16. The van der Waals surface area contributed by atoms with E-state index in [1.54, 1.807) is 56.8 Å². The van der Waals surface area contributed by atoms with Gasteiger partial charge in [-0.1, -0.05) is 11.8 Å². The minimum atomic E-state index is -0.298. The van der Waals surface area contributed by atoms with E-state index in [1.165, 1.54) is 11.8 Å². The van der Waals surface area contributed by atoms with E-state index in [2.05, 4.69) is 15.6 Å². The van der Waals surface area contributed by atoms with Crippen molar-refractivity contribution in [1.29, 1.82) is 0 Å². The second-order valence-corrected chi connectivity index (χ2v) is 8.13. The molecule has 10 heteroatoms. The van der Waals surface area contributed by atoms with Crippen molar-refractivity contribution in [3.05, 3.63) is 65.9 Å². The molecule has 0 unspecified atom stereocenters. The third-order valence-electron chi connectivity index (χ3n) is 4.88. The van der Waals surface area contributed by atoms with E-state index in [9.17, 15) is 9.59 Å². The molecule has 2 amide bonds. The zero-order valence-electron chi connectivity index (χ0n) is 18.6. The molecule has 0 aliphatic carbocycles. The summed E-state index contributed by atoms with van der Waals surface area (Å²) in [7, 11) is 3.14. The average Bonchev–Trinajstić information content (AvgIpc) is 3.34. The normalized spacial score (nSPS) is 11.6. The molecule has 3 aromatic rings. The molecule has 2 heterocycles. The topological polar surface area (TPSA) is 108 Å². The quantitative estimate of drug-likeness (QED) is 0.447. The number of thioether (sulfide) groups is 1. The first-order chi connectivity index (χ1) is 16.6. The number of nitrogens with zero attached hydrogens (tertiary/aromatic N) is 1. The summed E-state index contributed by atoms with van der Waals surface area (Å²) in [5, 5.41) is 6.15. The van der Waals surface area contributed by atoms with Crippen LogP contribution in [0.15, 0.2) is 59.8 Å². The van der Waals surface area contributed by atoms with Crippen molar-refractivity contribution in [2.45, 2.75) is 11.6 Å². The zero-order valence-corrected chi connectivity index (χ0v) is 19.4. The van der Waals surface area contributed by atoms with Gasteiger partial charge in [0.05, 0.1) is 25.5 Å². The molecular formula is C24H23N3O6S. The summed E-state index contributed by atoms with van der Waals surface area (Å²) in [6.07, 6.45) is 1.59. The van der Waals surface area contributed by atoms with Crippen LogP contribution < -0.4 is 29.6 Å². The minimum Gasteiger partial charge on any atom is -0.497 e. The summed E-state index contributed by atoms with van der Waals surface area (Å²) >= 11 is 1.18. The number of fused-ring (bicyclic) bond motifs is 1. The lowest BCUT2D eigenvalue weighted by atomic mass is 10.2. The van der Waals surface area contributed by atoms with Gasteiger partial charge in [-0.3, -0.25) is 9.59 Å². The van der Waals surface area contributed by atoms with Crippen LogP contribution in [0.4, 0.5) is 5.69 Å². The van der Waals surface area contributed by atoms with Gasteiger partial charge in [-0.15, -0.1) is 0 Å². The lowest BCUT2D eigenvalue weighted by Crippen LogP contribution is -2.24. The number of carbonyl (C=O) groups excluding carboxylic acids is 2. The largest absolute Gasteiger partial charge is 0.497 e. The molecule has 2 aromatic carbocycles. The molecule has 176 valence electrons. The maximum atomic E-state index is 12.8. The Kier molecular flexibility index (Phi) is 7.38. The molecule has 0 saturated heterocycles. The van der Waals surface area contributed by atoms with Crippen LogP contribution in [0.25, 0.3) is 0 Å². The highest BCUT2D eigenvalue weighted by atomic mass is 32.2. The number of carbonyl (C=O) groups is 2. The van der Waals surface area contributed by atoms with E-state index < -0.39 is 0 Å². The maximum Gasteiger partial charge on any atom is 0.254 e. The number of rotatable bonds is 9. The van der Waals surface area contributed by atoms with E-state index in [0.29, 0.717) is 39.3 Å². The van der Waals surface area contributed by atoms with Crippen LogP contribution in [-0.4, -0.2) is 43.6 Å². The lowest BCUT2D eigenvalue weighted by molar-refractivity contribution is -0.113. The third-order valence-corrected chi connectivity index (χ3v) is 5.88. The molecule has 1 aliphatic rings. The molecule has 0 radical (unpaired) electrons. The van der Waals surface area contributed by atoms with E-state index in [1.807, 2.05) is 12.1 Å². The Morgan fingerprint density at radius 1 is 1.03 bits per heavy atom. The van der Waals surface area contributed by atoms with Crippen LogP contribution in [0.5, 0.6) is 23.0 Å². The first-order valence-electron chi connectivity index (χ1n) is 10.3. The average molecular weight is 482 g/mol. The molecule has 1 aliphatic heterocycles. The van der Waals surface area contributed by atoms with Crippen LogP contribution in [0.1, 0.15) is 15.9 Å². The van der Waals surface area contributed by atoms with E-state index in [0.717, 1.165) is 5.56 Å². The van der Waals surface area contributed by atoms with Gasteiger partial charge in [0.15, 0.2) is 11.5 Å². The second kappa shape index (κ2) is 10.8. The number of anilines is 1. The number of hydrogen-bond donors (Lipinski definition) is 2. The summed E-state index contributed by atoms with van der Waals surface area (Å²) in [6.45, 7) is 0.439. The van der Waals surface area contributed by atoms with Gasteiger partial charge >= 0.3 is 0 Å². The van der Waals surface area contributed by atoms with Crippen LogP contribution >= 0.6 is 11.8 Å². The number of hydrogen-bond acceptors (Lipinski definition) is 8. The van der Waals surface area contributed by atoms with Gasteiger partial charge in [-0.2, -0.15) is 0 Å². The van der Waals surface area contributed by atoms with Crippen molar-refractivity contribution < 1.29 is 28.5 Å². The van der Waals surface area contributed by atoms with E-state index in [4.69, 9.17) is 18.9 Å². The van der Waals surface area contributed by atoms with Gasteiger partial charge in [-0.25, -0.2) is 4.98 Å². The SMILES string of the molecule is COc1cc(CNC(=O)c2cccnc2SCC(=O)Nc2ccc3c(c2)OCO3)cc(OC)c1. The first-order valence-corrected chi connectivity index (χ1v) is 11.3. The Hall–Kier alpha value is -3.92. The smallest absolute Gasteiger partial charge is 0.254 e. The van der Waals surface area contributed by atoms with Crippen molar-refractivity contribution in [1.82, 2.24) is 10.3 Å². The molecular weight excluding hydrogens is 458 g/mol. The van der Waals surface area contributed by atoms with Crippen molar-refractivity contribution in [2.75, 3.05) is 32.1 Å². The summed E-state index contributed by atoms with van der Waals surface area (Å²) in [4.78, 5) is 29.6. The van der Waals surface area contributed by atoms with Crippen molar-refractivity contribution in [3.8, 4) is 23.0 Å². The number of methoxy groups -OCH3 is 2. The first kappa shape index (κ1) is 23.2. The lowest BCUT2D eigenvalue weighted by Gasteiger charge is -2.11. The van der Waals surface area contributed by atoms with Crippen molar-refractivity contribution >= 4 is 29.3 Å². The predicted molar refractivity (Wildman–Crippen MR) is 127 cm³/mol. The monoisotopic (exact) mass is 481 g/mol. The molecule has 0 spiro atoms. The predicted octanol–water partition coefficient (Wildman–Crippen LogP) is 3.49. The Labute approximate surface area is 200 Å². The van der Waals surface area contributed by atoms with Crippen LogP contribution in [0.3, 0.4) is 0 Å². The standard InChI is InChI=1S/C24H23N3O6S/c1-30-17-8-15(9-18(11-17)31-2)12-26-23(29)19-4-3-7-25-24(19)34-13-22(28)27-16-5-6-20-21(10-16)33-14-32-20/h3-11H,12-14H2,1-2H3,(H,26,29)(H,27,28). The Balaban J connectivity index is 1.35. The van der Waals surface area contributed by atoms with E-state index >= 15 is 0 Å². The maximum absolute atomic E-state index is 12.8. The van der Waals surface area contributed by atoms with Gasteiger partial charge in [0.1, 0.15) is 16.5 Å². The molecule has 2 N–H and O–H groups in total. The number of nitrogens with one attached hydrogen (secondary N) is 2. The zero-order chi connectivity index (χ0) is 23.9. The Morgan fingerprint density at radius 3 is 2.56 bits per heavy atom. The fourth-order valence-corrected chi connectivity index (χ4v) is 4.02.